The predicted octanol–water partition coefficient (Wildman–Crippen LogP) is 3.45. The number of nitrogens with one attached hydrogen (secondary N) is 1. The molecule has 0 bridgehead atoms. The van der Waals surface area contributed by atoms with Crippen molar-refractivity contribution in [3.8, 4) is 0 Å². The van der Waals surface area contributed by atoms with E-state index in [9.17, 15) is 14.7 Å². The summed E-state index contributed by atoms with van der Waals surface area (Å²) in [7, 11) is 0. The van der Waals surface area contributed by atoms with E-state index in [0.29, 0.717) is 13.0 Å². The van der Waals surface area contributed by atoms with Crippen molar-refractivity contribution in [2.45, 2.75) is 76.9 Å². The smallest absolute Gasteiger partial charge is 0.314 e. The molecule has 0 radical (unpaired) electrons. The first-order valence-electron chi connectivity index (χ1n) is 9.97. The summed E-state index contributed by atoms with van der Waals surface area (Å²) < 4.78 is 5.94. The lowest BCUT2D eigenvalue weighted by molar-refractivity contribution is -0.147. The molecule has 0 spiro atoms. The summed E-state index contributed by atoms with van der Waals surface area (Å²) in [5.41, 5.74) is 0.630. The Bertz CT molecular complexity index is 709. The zero-order valence-electron chi connectivity index (χ0n) is 16.6. The van der Waals surface area contributed by atoms with Crippen LogP contribution >= 0.6 is 0 Å². The number of hydrogen-bond acceptors (Lipinski definition) is 3. The summed E-state index contributed by atoms with van der Waals surface area (Å²) in [5, 5.41) is 13.2. The summed E-state index contributed by atoms with van der Waals surface area (Å²) in [6, 6.07) is 7.58. The highest BCUT2D eigenvalue weighted by molar-refractivity contribution is 5.90. The Balaban J connectivity index is 1.80. The fraction of sp³-hybridized carbons (Fsp3) is 0.636. The van der Waals surface area contributed by atoms with Crippen LogP contribution in [0.4, 0.5) is 0 Å². The van der Waals surface area contributed by atoms with Gasteiger partial charge in [-0.2, -0.15) is 0 Å². The minimum atomic E-state index is -1.13. The molecule has 2 N–H and O–H groups in total. The molecule has 3 unspecified atom stereocenters. The van der Waals surface area contributed by atoms with Crippen LogP contribution in [0.1, 0.15) is 64.0 Å². The molecule has 1 aromatic carbocycles. The summed E-state index contributed by atoms with van der Waals surface area (Å²) in [6.07, 6.45) is 3.84. The van der Waals surface area contributed by atoms with Crippen molar-refractivity contribution >= 4 is 11.9 Å². The quantitative estimate of drug-likeness (QED) is 0.848. The Morgan fingerprint density at radius 2 is 2.00 bits per heavy atom. The van der Waals surface area contributed by atoms with Crippen LogP contribution in [-0.4, -0.2) is 35.7 Å². The third kappa shape index (κ3) is 4.03. The Kier molecular flexibility index (Phi) is 5.61. The number of fused-ring (bicyclic) bond motifs is 1. The number of hydrogen-bond donors (Lipinski definition) is 2. The highest BCUT2D eigenvalue weighted by atomic mass is 16.5. The highest BCUT2D eigenvalue weighted by Crippen LogP contribution is 2.40. The molecule has 0 saturated carbocycles. The van der Waals surface area contributed by atoms with Crippen LogP contribution in [0, 0.1) is 5.41 Å². The second kappa shape index (κ2) is 7.63. The van der Waals surface area contributed by atoms with Crippen molar-refractivity contribution in [3.63, 3.8) is 0 Å². The van der Waals surface area contributed by atoms with Gasteiger partial charge >= 0.3 is 5.97 Å². The van der Waals surface area contributed by atoms with Gasteiger partial charge in [0.25, 0.3) is 0 Å². The van der Waals surface area contributed by atoms with Gasteiger partial charge in [-0.15, -0.1) is 0 Å². The maximum Gasteiger partial charge on any atom is 0.314 e. The second-order valence-corrected chi connectivity index (χ2v) is 9.05. The third-order valence-corrected chi connectivity index (χ3v) is 5.98. The van der Waals surface area contributed by atoms with Crippen molar-refractivity contribution in [3.05, 3.63) is 35.4 Å². The number of ether oxygens (including phenoxy) is 1. The molecule has 0 aromatic heterocycles. The number of amides is 1. The molecule has 3 atom stereocenters. The monoisotopic (exact) mass is 373 g/mol. The van der Waals surface area contributed by atoms with Crippen molar-refractivity contribution in [1.29, 1.82) is 0 Å². The van der Waals surface area contributed by atoms with Crippen molar-refractivity contribution in [2.24, 2.45) is 5.41 Å². The molecule has 5 heteroatoms. The summed E-state index contributed by atoms with van der Waals surface area (Å²) in [6.45, 7) is 7.04. The topological polar surface area (TPSA) is 75.6 Å². The number of aliphatic carboxylic acids is 1. The van der Waals surface area contributed by atoms with Crippen molar-refractivity contribution in [1.82, 2.24) is 5.32 Å². The molecule has 1 heterocycles. The van der Waals surface area contributed by atoms with Crippen LogP contribution in [0.5, 0.6) is 0 Å². The number of carbonyl (C=O) groups is 2. The number of carboxylic acids is 1. The number of benzene rings is 1. The highest BCUT2D eigenvalue weighted by Gasteiger charge is 2.46. The molecular formula is C22H31NO4. The van der Waals surface area contributed by atoms with E-state index in [4.69, 9.17) is 4.74 Å². The standard InChI is InChI=1S/C22H31NO4/c1-21(2,3)19-17(11-7-13-27-19)23-18(24)14-22(20(25)26)12-6-9-15-8-4-5-10-16(15)22/h4-5,8,10,17,19H,6-7,9,11-14H2,1-3H3,(H,23,24)(H,25,26). The molecule has 148 valence electrons. The van der Waals surface area contributed by atoms with Crippen LogP contribution in [0.15, 0.2) is 24.3 Å². The van der Waals surface area contributed by atoms with Crippen molar-refractivity contribution in [2.75, 3.05) is 6.61 Å². The molecule has 3 rings (SSSR count). The van der Waals surface area contributed by atoms with E-state index in [-0.39, 0.29) is 29.9 Å². The first-order chi connectivity index (χ1) is 12.7. The lowest BCUT2D eigenvalue weighted by atomic mass is 9.67. The first kappa shape index (κ1) is 19.9. The molecule has 1 aliphatic heterocycles. The maximum absolute atomic E-state index is 12.9. The number of carboxylic acid groups (broad SMARTS) is 1. The molecule has 1 saturated heterocycles. The summed E-state index contributed by atoms with van der Waals surface area (Å²) in [5.74, 6) is -1.10. The number of rotatable bonds is 4. The lowest BCUT2D eigenvalue weighted by Gasteiger charge is -2.41. The van der Waals surface area contributed by atoms with Crippen LogP contribution in [0.25, 0.3) is 0 Å². The zero-order valence-corrected chi connectivity index (χ0v) is 16.6. The fourth-order valence-electron chi connectivity index (χ4n) is 4.72. The van der Waals surface area contributed by atoms with E-state index in [1.165, 1.54) is 0 Å². The van der Waals surface area contributed by atoms with Crippen LogP contribution in [0.3, 0.4) is 0 Å². The van der Waals surface area contributed by atoms with E-state index in [2.05, 4.69) is 26.1 Å². The maximum atomic E-state index is 12.9. The molecule has 1 aromatic rings. The van der Waals surface area contributed by atoms with Gasteiger partial charge in [0.1, 0.15) is 5.41 Å². The van der Waals surface area contributed by atoms with Gasteiger partial charge in [-0.05, 0) is 48.6 Å². The van der Waals surface area contributed by atoms with Gasteiger partial charge in [0.05, 0.1) is 12.1 Å². The molecule has 27 heavy (non-hydrogen) atoms. The van der Waals surface area contributed by atoms with Gasteiger partial charge in [0.2, 0.25) is 5.91 Å². The van der Waals surface area contributed by atoms with Gasteiger partial charge in [0.15, 0.2) is 0 Å². The average molecular weight is 373 g/mol. The van der Waals surface area contributed by atoms with Gasteiger partial charge in [-0.25, -0.2) is 0 Å². The SMILES string of the molecule is CC(C)(C)C1OCCCC1NC(=O)CC1(C(=O)O)CCCc2ccccc21. The average Bonchev–Trinajstić information content (AvgIpc) is 2.61. The fourth-order valence-corrected chi connectivity index (χ4v) is 4.72. The van der Waals surface area contributed by atoms with Crippen LogP contribution in [-0.2, 0) is 26.2 Å². The van der Waals surface area contributed by atoms with Crippen LogP contribution in [0.2, 0.25) is 0 Å². The normalized spacial score (nSPS) is 28.3. The Morgan fingerprint density at radius 1 is 1.26 bits per heavy atom. The minimum absolute atomic E-state index is 0.0211. The number of carbonyl (C=O) groups excluding carboxylic acids is 1. The van der Waals surface area contributed by atoms with Gasteiger partial charge in [-0.3, -0.25) is 9.59 Å². The lowest BCUT2D eigenvalue weighted by Crippen LogP contribution is -2.54. The Morgan fingerprint density at radius 3 is 2.70 bits per heavy atom. The Hall–Kier alpha value is -1.88. The minimum Gasteiger partial charge on any atom is -0.481 e. The third-order valence-electron chi connectivity index (χ3n) is 5.98. The molecule has 1 aliphatic carbocycles. The number of aryl methyl sites for hydroxylation is 1. The second-order valence-electron chi connectivity index (χ2n) is 9.05. The predicted molar refractivity (Wildman–Crippen MR) is 104 cm³/mol. The molecule has 5 nitrogen and oxygen atoms in total. The van der Waals surface area contributed by atoms with Gasteiger partial charge in [-0.1, -0.05) is 45.0 Å². The molecule has 1 fully saturated rings. The van der Waals surface area contributed by atoms with E-state index >= 15 is 0 Å². The van der Waals surface area contributed by atoms with Crippen molar-refractivity contribution < 1.29 is 19.4 Å². The van der Waals surface area contributed by atoms with Gasteiger partial charge in [0, 0.05) is 13.0 Å². The van der Waals surface area contributed by atoms with E-state index < -0.39 is 11.4 Å². The first-order valence-corrected chi connectivity index (χ1v) is 9.97. The summed E-state index contributed by atoms with van der Waals surface area (Å²) in [4.78, 5) is 25.2. The van der Waals surface area contributed by atoms with Crippen LogP contribution < -0.4 is 5.32 Å². The Labute approximate surface area is 161 Å². The molecule has 2 aliphatic rings. The zero-order chi connectivity index (χ0) is 19.7. The molecular weight excluding hydrogens is 342 g/mol. The van der Waals surface area contributed by atoms with Gasteiger partial charge < -0.3 is 15.2 Å². The van der Waals surface area contributed by atoms with E-state index in [1.54, 1.807) is 0 Å². The van der Waals surface area contributed by atoms with E-state index in [0.717, 1.165) is 36.8 Å². The van der Waals surface area contributed by atoms with E-state index in [1.807, 2.05) is 24.3 Å². The summed E-state index contributed by atoms with van der Waals surface area (Å²) >= 11 is 0. The molecule has 1 amide bonds. The largest absolute Gasteiger partial charge is 0.481 e.